The molecular weight excluding hydrogens is 260 g/mol. The lowest BCUT2D eigenvalue weighted by molar-refractivity contribution is 0.241. The van der Waals surface area contributed by atoms with Crippen LogP contribution in [-0.4, -0.2) is 40.4 Å². The van der Waals surface area contributed by atoms with Gasteiger partial charge in [-0.25, -0.2) is 0 Å². The third-order valence-corrected chi connectivity index (χ3v) is 4.31. The van der Waals surface area contributed by atoms with Gasteiger partial charge < -0.3 is 5.32 Å². The summed E-state index contributed by atoms with van der Waals surface area (Å²) in [6.45, 7) is 8.56. The smallest absolute Gasteiger partial charge is 0.131 e. The standard InChI is InChI=1S/C14H25ClN4/c1-4-8-19(9-12-6-5-7-16-12)10-13-11(2)17-18(3)14(13)15/h12,16H,4-10H2,1-3H3. The third-order valence-electron chi connectivity index (χ3n) is 3.83. The molecule has 2 heterocycles. The first-order valence-electron chi connectivity index (χ1n) is 7.25. The maximum Gasteiger partial charge on any atom is 0.131 e. The minimum absolute atomic E-state index is 0.641. The lowest BCUT2D eigenvalue weighted by Gasteiger charge is -2.25. The van der Waals surface area contributed by atoms with E-state index < -0.39 is 0 Å². The predicted molar refractivity (Wildman–Crippen MR) is 79.5 cm³/mol. The Morgan fingerprint density at radius 2 is 2.32 bits per heavy atom. The lowest BCUT2D eigenvalue weighted by Crippen LogP contribution is -2.37. The van der Waals surface area contributed by atoms with E-state index in [0.29, 0.717) is 6.04 Å². The SMILES string of the molecule is CCCN(Cc1c(C)nn(C)c1Cl)CC1CCCN1. The first-order valence-corrected chi connectivity index (χ1v) is 7.63. The monoisotopic (exact) mass is 284 g/mol. The summed E-state index contributed by atoms with van der Waals surface area (Å²) in [6, 6.07) is 0.641. The fourth-order valence-electron chi connectivity index (χ4n) is 2.85. The van der Waals surface area contributed by atoms with Gasteiger partial charge in [-0.3, -0.25) is 9.58 Å². The van der Waals surface area contributed by atoms with Gasteiger partial charge in [-0.2, -0.15) is 5.10 Å². The van der Waals surface area contributed by atoms with Crippen molar-refractivity contribution in [2.45, 2.75) is 45.7 Å². The Morgan fingerprint density at radius 1 is 1.53 bits per heavy atom. The van der Waals surface area contributed by atoms with Crippen LogP contribution in [0.1, 0.15) is 37.4 Å². The zero-order chi connectivity index (χ0) is 13.8. The molecule has 0 amide bonds. The van der Waals surface area contributed by atoms with Crippen molar-refractivity contribution in [1.29, 1.82) is 0 Å². The van der Waals surface area contributed by atoms with Crippen LogP contribution in [0.25, 0.3) is 0 Å². The number of rotatable bonds is 6. The summed E-state index contributed by atoms with van der Waals surface area (Å²) >= 11 is 6.33. The zero-order valence-corrected chi connectivity index (χ0v) is 13.0. The van der Waals surface area contributed by atoms with Crippen LogP contribution in [0.4, 0.5) is 0 Å². The molecule has 19 heavy (non-hydrogen) atoms. The molecule has 1 aliphatic rings. The van der Waals surface area contributed by atoms with Crippen LogP contribution in [0.5, 0.6) is 0 Å². The van der Waals surface area contributed by atoms with Gasteiger partial charge in [0.2, 0.25) is 0 Å². The third kappa shape index (κ3) is 3.71. The minimum atomic E-state index is 0.641. The molecule has 1 saturated heterocycles. The second-order valence-electron chi connectivity index (χ2n) is 5.51. The largest absolute Gasteiger partial charge is 0.313 e. The van der Waals surface area contributed by atoms with Crippen molar-refractivity contribution in [3.8, 4) is 0 Å². The quantitative estimate of drug-likeness (QED) is 0.870. The van der Waals surface area contributed by atoms with E-state index in [9.17, 15) is 0 Å². The molecule has 1 aromatic heterocycles. The number of nitrogens with zero attached hydrogens (tertiary/aromatic N) is 3. The number of hydrogen-bond acceptors (Lipinski definition) is 3. The topological polar surface area (TPSA) is 33.1 Å². The molecule has 2 rings (SSSR count). The molecule has 1 unspecified atom stereocenters. The maximum atomic E-state index is 6.33. The van der Waals surface area contributed by atoms with E-state index in [1.807, 2.05) is 14.0 Å². The molecule has 0 aromatic carbocycles. The number of hydrogen-bond donors (Lipinski definition) is 1. The molecule has 0 saturated carbocycles. The van der Waals surface area contributed by atoms with Crippen molar-refractivity contribution in [3.05, 3.63) is 16.4 Å². The highest BCUT2D eigenvalue weighted by atomic mass is 35.5. The first-order chi connectivity index (χ1) is 9.11. The van der Waals surface area contributed by atoms with E-state index in [4.69, 9.17) is 11.6 Å². The van der Waals surface area contributed by atoms with E-state index in [1.54, 1.807) is 4.68 Å². The Morgan fingerprint density at radius 3 is 2.84 bits per heavy atom. The van der Waals surface area contributed by atoms with Crippen molar-refractivity contribution in [1.82, 2.24) is 20.0 Å². The Labute approximate surface area is 121 Å². The molecule has 1 aliphatic heterocycles. The van der Waals surface area contributed by atoms with Gasteiger partial charge in [0, 0.05) is 31.7 Å². The highest BCUT2D eigenvalue weighted by Gasteiger charge is 2.20. The van der Waals surface area contributed by atoms with Crippen LogP contribution in [0.15, 0.2) is 0 Å². The van der Waals surface area contributed by atoms with Crippen LogP contribution in [0, 0.1) is 6.92 Å². The van der Waals surface area contributed by atoms with Gasteiger partial charge in [0.05, 0.1) is 5.69 Å². The minimum Gasteiger partial charge on any atom is -0.313 e. The maximum absolute atomic E-state index is 6.33. The molecule has 1 aromatic rings. The highest BCUT2D eigenvalue weighted by molar-refractivity contribution is 6.30. The van der Waals surface area contributed by atoms with Crippen molar-refractivity contribution in [3.63, 3.8) is 0 Å². The van der Waals surface area contributed by atoms with Crippen molar-refractivity contribution < 1.29 is 0 Å². The number of aromatic nitrogens is 2. The van der Waals surface area contributed by atoms with Gasteiger partial charge in [-0.15, -0.1) is 0 Å². The van der Waals surface area contributed by atoms with Crippen molar-refractivity contribution in [2.75, 3.05) is 19.6 Å². The fourth-order valence-corrected chi connectivity index (χ4v) is 3.09. The second-order valence-corrected chi connectivity index (χ2v) is 5.86. The lowest BCUT2D eigenvalue weighted by atomic mass is 10.2. The summed E-state index contributed by atoms with van der Waals surface area (Å²) < 4.78 is 1.77. The van der Waals surface area contributed by atoms with Crippen molar-refractivity contribution in [2.24, 2.45) is 7.05 Å². The van der Waals surface area contributed by atoms with Crippen LogP contribution in [0.3, 0.4) is 0 Å². The van der Waals surface area contributed by atoms with E-state index in [1.165, 1.54) is 24.8 Å². The summed E-state index contributed by atoms with van der Waals surface area (Å²) in [4.78, 5) is 2.50. The Bertz CT molecular complexity index is 410. The molecule has 108 valence electrons. The van der Waals surface area contributed by atoms with Gasteiger partial charge in [0.25, 0.3) is 0 Å². The Balaban J connectivity index is 2.02. The molecule has 1 fully saturated rings. The summed E-state index contributed by atoms with van der Waals surface area (Å²) in [6.07, 6.45) is 3.76. The summed E-state index contributed by atoms with van der Waals surface area (Å²) in [5.41, 5.74) is 2.23. The zero-order valence-electron chi connectivity index (χ0n) is 12.2. The summed E-state index contributed by atoms with van der Waals surface area (Å²) in [7, 11) is 1.90. The van der Waals surface area contributed by atoms with Gasteiger partial charge in [-0.1, -0.05) is 18.5 Å². The molecule has 0 radical (unpaired) electrons. The Hall–Kier alpha value is -0.580. The number of aryl methyl sites for hydroxylation is 2. The van der Waals surface area contributed by atoms with Crippen LogP contribution >= 0.6 is 11.6 Å². The Kier molecular flexibility index (Phi) is 5.25. The fraction of sp³-hybridized carbons (Fsp3) is 0.786. The summed E-state index contributed by atoms with van der Waals surface area (Å²) in [5, 5.41) is 8.74. The van der Waals surface area contributed by atoms with Crippen LogP contribution < -0.4 is 5.32 Å². The molecule has 1 atom stereocenters. The van der Waals surface area contributed by atoms with Gasteiger partial charge >= 0.3 is 0 Å². The van der Waals surface area contributed by atoms with E-state index in [0.717, 1.165) is 37.0 Å². The normalized spacial score (nSPS) is 19.5. The van der Waals surface area contributed by atoms with Crippen molar-refractivity contribution >= 4 is 11.6 Å². The molecule has 5 heteroatoms. The molecule has 0 spiro atoms. The highest BCUT2D eigenvalue weighted by Crippen LogP contribution is 2.21. The van der Waals surface area contributed by atoms with E-state index in [2.05, 4.69) is 22.2 Å². The van der Waals surface area contributed by atoms with E-state index in [-0.39, 0.29) is 0 Å². The van der Waals surface area contributed by atoms with E-state index >= 15 is 0 Å². The average molecular weight is 285 g/mol. The molecular formula is C14H25ClN4. The van der Waals surface area contributed by atoms with Gasteiger partial charge in [-0.05, 0) is 39.3 Å². The van der Waals surface area contributed by atoms with Crippen LogP contribution in [-0.2, 0) is 13.6 Å². The van der Waals surface area contributed by atoms with Gasteiger partial charge in [0.15, 0.2) is 0 Å². The molecule has 0 bridgehead atoms. The molecule has 0 aliphatic carbocycles. The second kappa shape index (κ2) is 6.73. The number of nitrogens with one attached hydrogen (secondary N) is 1. The first kappa shape index (κ1) is 14.8. The van der Waals surface area contributed by atoms with Crippen LogP contribution in [0.2, 0.25) is 5.15 Å². The summed E-state index contributed by atoms with van der Waals surface area (Å²) in [5.74, 6) is 0. The number of halogens is 1. The van der Waals surface area contributed by atoms with Gasteiger partial charge in [0.1, 0.15) is 5.15 Å². The predicted octanol–water partition coefficient (Wildman–Crippen LogP) is 2.35. The molecule has 1 N–H and O–H groups in total. The molecule has 4 nitrogen and oxygen atoms in total. The average Bonchev–Trinajstić information content (AvgIpc) is 2.94.